The number of hydrogen-bond donors (Lipinski definition) is 2. The number of benzene rings is 1. The molecule has 0 saturated carbocycles. The zero-order valence-corrected chi connectivity index (χ0v) is 12.8. The Hall–Kier alpha value is -2.53. The van der Waals surface area contributed by atoms with Crippen LogP contribution in [0.4, 0.5) is 5.69 Å². The summed E-state index contributed by atoms with van der Waals surface area (Å²) in [5.74, 6) is 0.975. The fraction of sp³-hybridized carbons (Fsp3) is 0.278. The van der Waals surface area contributed by atoms with Gasteiger partial charge in [0.05, 0.1) is 12.2 Å². The molecule has 3 heterocycles. The Labute approximate surface area is 134 Å². The van der Waals surface area contributed by atoms with Gasteiger partial charge >= 0.3 is 0 Å². The molecule has 4 rings (SSSR count). The van der Waals surface area contributed by atoms with Crippen molar-refractivity contribution in [2.75, 3.05) is 18.4 Å². The third kappa shape index (κ3) is 2.87. The minimum atomic E-state index is -0.220. The Bertz CT molecular complexity index is 828. The number of hydrogen-bond acceptors (Lipinski definition) is 3. The van der Waals surface area contributed by atoms with E-state index >= 15 is 0 Å². The summed E-state index contributed by atoms with van der Waals surface area (Å²) >= 11 is 0. The second kappa shape index (κ2) is 5.93. The van der Waals surface area contributed by atoms with Crippen molar-refractivity contribution in [3.63, 3.8) is 0 Å². The van der Waals surface area contributed by atoms with Crippen molar-refractivity contribution >= 4 is 22.5 Å². The van der Waals surface area contributed by atoms with Gasteiger partial charge in [-0.05, 0) is 44.1 Å². The number of rotatable bonds is 4. The molecule has 23 heavy (non-hydrogen) atoms. The first kappa shape index (κ1) is 14.1. The minimum absolute atomic E-state index is 0.220. The molecule has 5 nitrogen and oxygen atoms in total. The lowest BCUT2D eigenvalue weighted by molar-refractivity contribution is 0.0993. The molecular formula is C18H19N3O2. The lowest BCUT2D eigenvalue weighted by Gasteiger charge is -2.11. The van der Waals surface area contributed by atoms with E-state index in [-0.39, 0.29) is 5.91 Å². The summed E-state index contributed by atoms with van der Waals surface area (Å²) in [5.41, 5.74) is 1.76. The molecule has 0 radical (unpaired) electrons. The van der Waals surface area contributed by atoms with E-state index in [1.165, 1.54) is 12.8 Å². The minimum Gasteiger partial charge on any atom is -0.455 e. The summed E-state index contributed by atoms with van der Waals surface area (Å²) in [6.07, 6.45) is 4.29. The van der Waals surface area contributed by atoms with E-state index in [1.807, 2.05) is 30.3 Å². The fourth-order valence-electron chi connectivity index (χ4n) is 3.10. The first-order valence-electron chi connectivity index (χ1n) is 7.98. The average molecular weight is 309 g/mol. The number of carbonyl (C=O) groups is 1. The van der Waals surface area contributed by atoms with E-state index in [9.17, 15) is 4.79 Å². The second-order valence-electron chi connectivity index (χ2n) is 5.95. The summed E-state index contributed by atoms with van der Waals surface area (Å²) in [5, 5.41) is 3.90. The van der Waals surface area contributed by atoms with Crippen LogP contribution in [0.5, 0.6) is 0 Å². The summed E-state index contributed by atoms with van der Waals surface area (Å²) in [4.78, 5) is 17.9. The molecule has 0 atom stereocenters. The van der Waals surface area contributed by atoms with E-state index in [1.54, 1.807) is 12.3 Å². The average Bonchev–Trinajstić information content (AvgIpc) is 3.29. The monoisotopic (exact) mass is 309 g/mol. The van der Waals surface area contributed by atoms with Crippen LogP contribution in [0.2, 0.25) is 0 Å². The number of anilines is 1. The first-order chi connectivity index (χ1) is 11.3. The van der Waals surface area contributed by atoms with Crippen molar-refractivity contribution in [1.82, 2.24) is 9.88 Å². The molecule has 5 heteroatoms. The third-order valence-electron chi connectivity index (χ3n) is 4.30. The van der Waals surface area contributed by atoms with Crippen molar-refractivity contribution in [3.8, 4) is 0 Å². The molecule has 2 N–H and O–H groups in total. The molecule has 0 aliphatic carbocycles. The molecule has 118 valence electrons. The Balaban J connectivity index is 1.47. The Kier molecular flexibility index (Phi) is 3.63. The predicted octanol–water partition coefficient (Wildman–Crippen LogP) is 3.61. The normalized spacial score (nSPS) is 15.3. The molecule has 1 aromatic carbocycles. The number of para-hydroxylation sites is 1. The summed E-state index contributed by atoms with van der Waals surface area (Å²) in [6, 6.07) is 11.5. The summed E-state index contributed by atoms with van der Waals surface area (Å²) in [6.45, 7) is 3.00. The molecule has 0 bridgehead atoms. The fourth-order valence-corrected chi connectivity index (χ4v) is 3.10. The molecular weight excluding hydrogens is 290 g/mol. The molecule has 2 aromatic heterocycles. The predicted molar refractivity (Wildman–Crippen MR) is 89.5 cm³/mol. The van der Waals surface area contributed by atoms with Gasteiger partial charge in [0.1, 0.15) is 5.76 Å². The Morgan fingerprint density at radius 1 is 1.17 bits per heavy atom. The second-order valence-corrected chi connectivity index (χ2v) is 5.95. The molecule has 3 aromatic rings. The van der Waals surface area contributed by atoms with Crippen molar-refractivity contribution < 1.29 is 9.21 Å². The van der Waals surface area contributed by atoms with Crippen molar-refractivity contribution in [2.45, 2.75) is 19.4 Å². The highest BCUT2D eigenvalue weighted by molar-refractivity contribution is 6.07. The number of likely N-dealkylation sites (tertiary alicyclic amines) is 1. The number of aromatic nitrogens is 1. The zero-order chi connectivity index (χ0) is 15.6. The molecule has 1 aliphatic rings. The number of fused-ring (bicyclic) bond motifs is 1. The van der Waals surface area contributed by atoms with Crippen LogP contribution in [-0.4, -0.2) is 28.9 Å². The lowest BCUT2D eigenvalue weighted by Crippen LogP contribution is -2.17. The lowest BCUT2D eigenvalue weighted by atomic mass is 10.2. The molecule has 1 fully saturated rings. The third-order valence-corrected chi connectivity index (χ3v) is 4.30. The number of furan rings is 1. The van der Waals surface area contributed by atoms with Gasteiger partial charge < -0.3 is 14.7 Å². The topological polar surface area (TPSA) is 61.3 Å². The molecule has 1 saturated heterocycles. The van der Waals surface area contributed by atoms with Gasteiger partial charge in [-0.25, -0.2) is 0 Å². The highest BCUT2D eigenvalue weighted by Gasteiger charge is 2.17. The van der Waals surface area contributed by atoms with Crippen LogP contribution < -0.4 is 5.32 Å². The number of carbonyl (C=O) groups excluding carboxylic acids is 1. The number of H-pyrrole nitrogens is 1. The van der Waals surface area contributed by atoms with Crippen LogP contribution in [-0.2, 0) is 6.54 Å². The van der Waals surface area contributed by atoms with Gasteiger partial charge in [-0.1, -0.05) is 18.2 Å². The maximum atomic E-state index is 12.4. The number of nitrogens with one attached hydrogen (secondary N) is 2. The van der Waals surface area contributed by atoms with Gasteiger partial charge in [0.25, 0.3) is 5.91 Å². The summed E-state index contributed by atoms with van der Waals surface area (Å²) in [7, 11) is 0. The van der Waals surface area contributed by atoms with E-state index in [2.05, 4.69) is 15.2 Å². The number of aromatic amines is 1. The SMILES string of the molecule is O=C(Nc1c[nH]c2ccccc12)c1ccc(CN2CCCC2)o1. The Morgan fingerprint density at radius 3 is 2.87 bits per heavy atom. The van der Waals surface area contributed by atoms with E-state index < -0.39 is 0 Å². The molecule has 1 amide bonds. The van der Waals surface area contributed by atoms with Crippen LogP contribution in [0.25, 0.3) is 10.9 Å². The quantitative estimate of drug-likeness (QED) is 0.774. The largest absolute Gasteiger partial charge is 0.455 e. The van der Waals surface area contributed by atoms with E-state index in [4.69, 9.17) is 4.42 Å². The maximum Gasteiger partial charge on any atom is 0.291 e. The number of nitrogens with zero attached hydrogens (tertiary/aromatic N) is 1. The summed E-state index contributed by atoms with van der Waals surface area (Å²) < 4.78 is 5.70. The van der Waals surface area contributed by atoms with Crippen molar-refractivity contribution in [3.05, 3.63) is 54.1 Å². The van der Waals surface area contributed by atoms with E-state index in [0.717, 1.165) is 42.0 Å². The van der Waals surface area contributed by atoms with Gasteiger partial charge in [-0.2, -0.15) is 0 Å². The van der Waals surface area contributed by atoms with Crippen LogP contribution in [0.1, 0.15) is 29.2 Å². The van der Waals surface area contributed by atoms with Crippen molar-refractivity contribution in [2.24, 2.45) is 0 Å². The molecule has 0 spiro atoms. The van der Waals surface area contributed by atoms with Gasteiger partial charge in [-0.3, -0.25) is 9.69 Å². The van der Waals surface area contributed by atoms with Crippen LogP contribution >= 0.6 is 0 Å². The molecule has 1 aliphatic heterocycles. The maximum absolute atomic E-state index is 12.4. The highest BCUT2D eigenvalue weighted by atomic mass is 16.4. The van der Waals surface area contributed by atoms with Gasteiger partial charge in [0, 0.05) is 17.1 Å². The van der Waals surface area contributed by atoms with Gasteiger partial charge in [0.15, 0.2) is 5.76 Å². The van der Waals surface area contributed by atoms with Crippen LogP contribution in [0, 0.1) is 0 Å². The standard InChI is InChI=1S/C18H19N3O2/c22-18(20-16-11-19-15-6-2-1-5-14(15)16)17-8-7-13(23-17)12-21-9-3-4-10-21/h1-2,5-8,11,19H,3-4,9-10,12H2,(H,20,22). The highest BCUT2D eigenvalue weighted by Crippen LogP contribution is 2.23. The molecule has 0 unspecified atom stereocenters. The number of amides is 1. The van der Waals surface area contributed by atoms with Gasteiger partial charge in [-0.15, -0.1) is 0 Å². The van der Waals surface area contributed by atoms with Gasteiger partial charge in [0.2, 0.25) is 0 Å². The van der Waals surface area contributed by atoms with Crippen LogP contribution in [0.15, 0.2) is 47.0 Å². The first-order valence-corrected chi connectivity index (χ1v) is 7.98. The van der Waals surface area contributed by atoms with Crippen LogP contribution in [0.3, 0.4) is 0 Å². The Morgan fingerprint density at radius 2 is 2.00 bits per heavy atom. The smallest absolute Gasteiger partial charge is 0.291 e. The van der Waals surface area contributed by atoms with Crippen molar-refractivity contribution in [1.29, 1.82) is 0 Å². The zero-order valence-electron chi connectivity index (χ0n) is 12.8. The van der Waals surface area contributed by atoms with E-state index in [0.29, 0.717) is 5.76 Å².